The van der Waals surface area contributed by atoms with E-state index in [1.54, 1.807) is 12.1 Å². The van der Waals surface area contributed by atoms with Crippen molar-refractivity contribution >= 4 is 67.2 Å². The Morgan fingerprint density at radius 1 is 1.30 bits per heavy atom. The SMILES string of the molecule is CCS(=O)(=O)c1cccnc1C(=O)On1cccc1.[KH]. The van der Waals surface area contributed by atoms with Gasteiger partial charge in [0.15, 0.2) is 15.5 Å². The van der Waals surface area contributed by atoms with Crippen molar-refractivity contribution in [3.63, 3.8) is 0 Å². The Kier molecular flexibility index (Phi) is 6.56. The minimum atomic E-state index is -3.53. The van der Waals surface area contributed by atoms with E-state index in [2.05, 4.69) is 4.98 Å². The van der Waals surface area contributed by atoms with Crippen molar-refractivity contribution in [3.05, 3.63) is 48.5 Å². The molecular formula is C12H13KN2O4S. The van der Waals surface area contributed by atoms with Crippen LogP contribution in [-0.2, 0) is 9.84 Å². The molecule has 0 amide bonds. The van der Waals surface area contributed by atoms with Gasteiger partial charge >= 0.3 is 57.4 Å². The first kappa shape index (κ1) is 17.5. The average Bonchev–Trinajstić information content (AvgIpc) is 2.91. The first-order valence-corrected chi connectivity index (χ1v) is 7.23. The first-order chi connectivity index (χ1) is 9.04. The zero-order valence-electron chi connectivity index (χ0n) is 10.2. The zero-order valence-corrected chi connectivity index (χ0v) is 11.0. The quantitative estimate of drug-likeness (QED) is 0.757. The number of sulfone groups is 1. The Morgan fingerprint density at radius 3 is 2.55 bits per heavy atom. The van der Waals surface area contributed by atoms with Gasteiger partial charge in [-0.25, -0.2) is 18.2 Å². The van der Waals surface area contributed by atoms with Gasteiger partial charge in [0.25, 0.3) is 0 Å². The third-order valence-corrected chi connectivity index (χ3v) is 4.20. The van der Waals surface area contributed by atoms with Crippen molar-refractivity contribution in [2.75, 3.05) is 5.75 Å². The van der Waals surface area contributed by atoms with Crippen LogP contribution in [0.15, 0.2) is 47.8 Å². The van der Waals surface area contributed by atoms with E-state index >= 15 is 0 Å². The molecule has 8 heteroatoms. The number of aromatic nitrogens is 2. The number of nitrogens with zero attached hydrogens (tertiary/aromatic N) is 2. The topological polar surface area (TPSA) is 78.3 Å². The molecule has 102 valence electrons. The summed E-state index contributed by atoms with van der Waals surface area (Å²) < 4.78 is 24.9. The van der Waals surface area contributed by atoms with Crippen LogP contribution >= 0.6 is 0 Å². The summed E-state index contributed by atoms with van der Waals surface area (Å²) in [5.41, 5.74) is -0.210. The summed E-state index contributed by atoms with van der Waals surface area (Å²) in [5, 5.41) is 0. The number of hydrogen-bond acceptors (Lipinski definition) is 5. The van der Waals surface area contributed by atoms with Gasteiger partial charge in [0.05, 0.1) is 5.75 Å². The minimum absolute atomic E-state index is 0. The van der Waals surface area contributed by atoms with Crippen LogP contribution in [0, 0.1) is 0 Å². The number of rotatable bonds is 4. The van der Waals surface area contributed by atoms with Gasteiger partial charge in [-0.1, -0.05) is 6.92 Å². The molecule has 0 unspecified atom stereocenters. The van der Waals surface area contributed by atoms with Crippen molar-refractivity contribution in [2.24, 2.45) is 0 Å². The Morgan fingerprint density at radius 2 is 1.95 bits per heavy atom. The molecule has 0 aliphatic rings. The van der Waals surface area contributed by atoms with Gasteiger partial charge < -0.3 is 4.84 Å². The molecule has 0 bridgehead atoms. The van der Waals surface area contributed by atoms with Crippen molar-refractivity contribution in [1.82, 2.24) is 9.71 Å². The third kappa shape index (κ3) is 4.00. The van der Waals surface area contributed by atoms with Gasteiger partial charge in [0.1, 0.15) is 4.90 Å². The monoisotopic (exact) mass is 320 g/mol. The second-order valence-electron chi connectivity index (χ2n) is 3.68. The Labute approximate surface area is 159 Å². The predicted octanol–water partition coefficient (Wildman–Crippen LogP) is 0.297. The molecule has 0 spiro atoms. The summed E-state index contributed by atoms with van der Waals surface area (Å²) in [7, 11) is -3.53. The Balaban J connectivity index is 0.00000200. The van der Waals surface area contributed by atoms with Crippen molar-refractivity contribution in [2.45, 2.75) is 11.8 Å². The molecule has 0 saturated heterocycles. The fourth-order valence-electron chi connectivity index (χ4n) is 1.47. The van der Waals surface area contributed by atoms with Gasteiger partial charge in [0, 0.05) is 18.6 Å². The molecule has 0 saturated carbocycles. The van der Waals surface area contributed by atoms with Crippen LogP contribution in [0.2, 0.25) is 0 Å². The van der Waals surface area contributed by atoms with Gasteiger partial charge in [-0.2, -0.15) is 4.73 Å². The molecule has 0 aliphatic carbocycles. The second kappa shape index (κ2) is 7.48. The van der Waals surface area contributed by atoms with Crippen LogP contribution in [0.1, 0.15) is 17.4 Å². The number of carbonyl (C=O) groups is 1. The summed E-state index contributed by atoms with van der Waals surface area (Å²) in [6, 6.07) is 6.16. The van der Waals surface area contributed by atoms with E-state index in [1.165, 1.54) is 42.4 Å². The standard InChI is InChI=1S/C12H12N2O4S.K.H/c1-2-19(16,17)10-6-5-7-13-11(10)12(15)18-14-8-3-4-9-14;;/h3-9H,2H2,1H3;;. The zero-order chi connectivity index (χ0) is 13.9. The third-order valence-electron chi connectivity index (χ3n) is 2.44. The maximum atomic E-state index is 11.9. The Hall–Kier alpha value is -0.514. The molecule has 0 N–H and O–H groups in total. The molecule has 6 nitrogen and oxygen atoms in total. The van der Waals surface area contributed by atoms with Gasteiger partial charge in [0.2, 0.25) is 0 Å². The summed E-state index contributed by atoms with van der Waals surface area (Å²) in [5.74, 6) is -0.925. The van der Waals surface area contributed by atoms with Gasteiger partial charge in [-0.15, -0.1) is 0 Å². The summed E-state index contributed by atoms with van der Waals surface area (Å²) >= 11 is 0. The van der Waals surface area contributed by atoms with Crippen molar-refractivity contribution in [1.29, 1.82) is 0 Å². The molecule has 0 radical (unpaired) electrons. The molecule has 2 aromatic heterocycles. The van der Waals surface area contributed by atoms with E-state index < -0.39 is 15.8 Å². The fourth-order valence-corrected chi connectivity index (χ4v) is 2.50. The molecule has 0 aliphatic heterocycles. The Bertz CT molecular complexity index is 683. The van der Waals surface area contributed by atoms with Crippen LogP contribution < -0.4 is 4.84 Å². The van der Waals surface area contributed by atoms with Crippen LogP contribution in [0.3, 0.4) is 0 Å². The first-order valence-electron chi connectivity index (χ1n) is 5.58. The summed E-state index contributed by atoms with van der Waals surface area (Å²) in [4.78, 5) is 20.6. The van der Waals surface area contributed by atoms with E-state index in [0.717, 1.165) is 0 Å². The summed E-state index contributed by atoms with van der Waals surface area (Å²) in [6.45, 7) is 1.50. The normalized spacial score (nSPS) is 10.7. The van der Waals surface area contributed by atoms with E-state index in [0.29, 0.717) is 0 Å². The molecule has 20 heavy (non-hydrogen) atoms. The molecule has 2 aromatic rings. The van der Waals surface area contributed by atoms with E-state index in [9.17, 15) is 13.2 Å². The number of carbonyl (C=O) groups excluding carboxylic acids is 1. The van der Waals surface area contributed by atoms with Crippen molar-refractivity contribution < 1.29 is 18.0 Å². The second-order valence-corrected chi connectivity index (χ2v) is 5.92. The van der Waals surface area contributed by atoms with Gasteiger partial charge in [-0.05, 0) is 24.3 Å². The molecule has 0 atom stereocenters. The molecule has 0 fully saturated rings. The van der Waals surface area contributed by atoms with Crippen LogP contribution in [0.4, 0.5) is 0 Å². The van der Waals surface area contributed by atoms with Crippen LogP contribution in [0.5, 0.6) is 0 Å². The molecule has 2 heterocycles. The fraction of sp³-hybridized carbons (Fsp3) is 0.167. The van der Waals surface area contributed by atoms with E-state index in [4.69, 9.17) is 4.84 Å². The average molecular weight is 320 g/mol. The number of pyridine rings is 1. The number of hydrogen-bond donors (Lipinski definition) is 0. The molecular weight excluding hydrogens is 307 g/mol. The molecule has 0 aromatic carbocycles. The van der Waals surface area contributed by atoms with E-state index in [-0.39, 0.29) is 67.7 Å². The van der Waals surface area contributed by atoms with Crippen molar-refractivity contribution in [3.8, 4) is 0 Å². The molecule has 2 rings (SSSR count). The van der Waals surface area contributed by atoms with Crippen LogP contribution in [0.25, 0.3) is 0 Å². The predicted molar refractivity (Wildman–Crippen MR) is 74.5 cm³/mol. The summed E-state index contributed by atoms with van der Waals surface area (Å²) in [6.07, 6.45) is 4.39. The maximum absolute atomic E-state index is 11.9. The van der Waals surface area contributed by atoms with Gasteiger partial charge in [-0.3, -0.25) is 0 Å². The van der Waals surface area contributed by atoms with E-state index in [1.807, 2.05) is 0 Å². The van der Waals surface area contributed by atoms with Crippen LogP contribution in [-0.4, -0.2) is 81.2 Å².